The number of amides is 1. The van der Waals surface area contributed by atoms with Crippen LogP contribution in [0.25, 0.3) is 0 Å². The molecular formula is C11H21FN2O3S. The van der Waals surface area contributed by atoms with Crippen LogP contribution in [0.1, 0.15) is 33.1 Å². The Morgan fingerprint density at radius 1 is 1.39 bits per heavy atom. The van der Waals surface area contributed by atoms with Crippen molar-refractivity contribution >= 4 is 16.3 Å². The molecule has 0 bridgehead atoms. The molecule has 1 aliphatic rings. The van der Waals surface area contributed by atoms with E-state index in [1.165, 1.54) is 0 Å². The first kappa shape index (κ1) is 15.4. The van der Waals surface area contributed by atoms with Crippen molar-refractivity contribution in [2.24, 2.45) is 11.8 Å². The van der Waals surface area contributed by atoms with E-state index in [0.29, 0.717) is 31.7 Å². The van der Waals surface area contributed by atoms with Crippen LogP contribution in [0.15, 0.2) is 0 Å². The fraction of sp³-hybridized carbons (Fsp3) is 0.909. The summed E-state index contributed by atoms with van der Waals surface area (Å²) in [6.45, 7) is 5.02. The number of nitrogens with zero attached hydrogens (tertiary/aromatic N) is 1. The maximum Gasteiger partial charge on any atom is 0.374 e. The highest BCUT2D eigenvalue weighted by Crippen LogP contribution is 2.22. The van der Waals surface area contributed by atoms with Crippen molar-refractivity contribution in [2.75, 3.05) is 19.6 Å². The quantitative estimate of drug-likeness (QED) is 0.766. The van der Waals surface area contributed by atoms with Crippen LogP contribution in [0, 0.1) is 11.8 Å². The first-order chi connectivity index (χ1) is 8.29. The lowest BCUT2D eigenvalue weighted by Gasteiger charge is -2.28. The molecule has 18 heavy (non-hydrogen) atoms. The van der Waals surface area contributed by atoms with Crippen LogP contribution in [-0.2, 0) is 15.2 Å². The zero-order chi connectivity index (χ0) is 13.8. The summed E-state index contributed by atoms with van der Waals surface area (Å²) in [5.74, 6) is 0.549. The number of hydrogen-bond acceptors (Lipinski definition) is 3. The Bertz CT molecular complexity index is 376. The van der Waals surface area contributed by atoms with Crippen molar-refractivity contribution in [3.63, 3.8) is 0 Å². The van der Waals surface area contributed by atoms with Crippen LogP contribution >= 0.6 is 0 Å². The van der Waals surface area contributed by atoms with Crippen LogP contribution < -0.4 is 5.32 Å². The van der Waals surface area contributed by atoms with Gasteiger partial charge in [-0.15, -0.1) is 0 Å². The fourth-order valence-corrected chi connectivity index (χ4v) is 2.63. The van der Waals surface area contributed by atoms with Crippen molar-refractivity contribution in [3.8, 4) is 0 Å². The number of halogens is 1. The Morgan fingerprint density at radius 2 is 1.94 bits per heavy atom. The first-order valence-electron chi connectivity index (χ1n) is 6.25. The summed E-state index contributed by atoms with van der Waals surface area (Å²) in [7, 11) is -4.57. The normalized spacial score (nSPS) is 19.1. The summed E-state index contributed by atoms with van der Waals surface area (Å²) in [6, 6.07) is 0. The van der Waals surface area contributed by atoms with E-state index in [9.17, 15) is 17.1 Å². The maximum atomic E-state index is 12.7. The van der Waals surface area contributed by atoms with Crippen LogP contribution in [0.5, 0.6) is 0 Å². The van der Waals surface area contributed by atoms with Gasteiger partial charge in [-0.2, -0.15) is 12.7 Å². The van der Waals surface area contributed by atoms with E-state index in [1.54, 1.807) is 0 Å². The maximum absolute atomic E-state index is 12.7. The molecule has 1 amide bonds. The molecular weight excluding hydrogens is 259 g/mol. The summed E-state index contributed by atoms with van der Waals surface area (Å²) in [5.41, 5.74) is 0. The smallest absolute Gasteiger partial charge is 0.356 e. The third-order valence-corrected chi connectivity index (χ3v) is 4.05. The Kier molecular flexibility index (Phi) is 5.52. The Hall–Kier alpha value is -0.690. The van der Waals surface area contributed by atoms with Gasteiger partial charge in [0.05, 0.1) is 0 Å². The molecule has 1 saturated heterocycles. The minimum absolute atomic E-state index is 0.00902. The highest BCUT2D eigenvalue weighted by Gasteiger charge is 2.28. The highest BCUT2D eigenvalue weighted by atomic mass is 32.3. The van der Waals surface area contributed by atoms with Gasteiger partial charge >= 0.3 is 10.4 Å². The standard InChI is InChI=1S/C11H21FN2O3S/c1-9(2)8-13-11(15)7-10-3-5-14(6-4-10)18(12,16)17/h9-10H,3-8H2,1-2H3,(H,13,15). The van der Waals surface area contributed by atoms with E-state index >= 15 is 0 Å². The minimum Gasteiger partial charge on any atom is -0.356 e. The Labute approximate surface area is 108 Å². The second kappa shape index (κ2) is 6.47. The number of piperidine rings is 1. The molecule has 106 valence electrons. The second-order valence-electron chi connectivity index (χ2n) is 5.19. The molecule has 0 saturated carbocycles. The molecule has 0 spiro atoms. The van der Waals surface area contributed by atoms with Crippen molar-refractivity contribution in [3.05, 3.63) is 0 Å². The average molecular weight is 280 g/mol. The molecule has 0 aromatic carbocycles. The van der Waals surface area contributed by atoms with Crippen molar-refractivity contribution in [2.45, 2.75) is 33.1 Å². The lowest BCUT2D eigenvalue weighted by molar-refractivity contribution is -0.122. The predicted molar refractivity (Wildman–Crippen MR) is 66.8 cm³/mol. The van der Waals surface area contributed by atoms with Gasteiger partial charge in [0, 0.05) is 26.1 Å². The van der Waals surface area contributed by atoms with Gasteiger partial charge in [-0.25, -0.2) is 0 Å². The van der Waals surface area contributed by atoms with E-state index < -0.39 is 10.4 Å². The lowest BCUT2D eigenvalue weighted by atomic mass is 9.94. The Balaban J connectivity index is 2.29. The van der Waals surface area contributed by atoms with Crippen molar-refractivity contribution < 1.29 is 17.1 Å². The third kappa shape index (κ3) is 5.30. The summed E-state index contributed by atoms with van der Waals surface area (Å²) in [4.78, 5) is 11.6. The van der Waals surface area contributed by atoms with E-state index in [4.69, 9.17) is 0 Å². The molecule has 0 aromatic rings. The molecule has 0 aliphatic carbocycles. The van der Waals surface area contributed by atoms with Crippen LogP contribution in [0.3, 0.4) is 0 Å². The first-order valence-corrected chi connectivity index (χ1v) is 7.59. The van der Waals surface area contributed by atoms with E-state index in [1.807, 2.05) is 13.8 Å². The van der Waals surface area contributed by atoms with Gasteiger partial charge in [0.1, 0.15) is 0 Å². The van der Waals surface area contributed by atoms with Gasteiger partial charge in [-0.05, 0) is 24.7 Å². The lowest BCUT2D eigenvalue weighted by Crippen LogP contribution is -2.38. The van der Waals surface area contributed by atoms with E-state index in [0.717, 1.165) is 4.31 Å². The molecule has 7 heteroatoms. The van der Waals surface area contributed by atoms with Gasteiger partial charge in [-0.1, -0.05) is 17.7 Å². The number of carbonyl (C=O) groups is 1. The fourth-order valence-electron chi connectivity index (χ4n) is 1.98. The van der Waals surface area contributed by atoms with Crippen LogP contribution in [0.2, 0.25) is 0 Å². The minimum atomic E-state index is -4.57. The zero-order valence-corrected chi connectivity index (χ0v) is 11.7. The van der Waals surface area contributed by atoms with Crippen LogP contribution in [-0.4, -0.2) is 38.3 Å². The third-order valence-electron chi connectivity index (χ3n) is 3.06. The molecule has 1 heterocycles. The zero-order valence-electron chi connectivity index (χ0n) is 10.9. The van der Waals surface area contributed by atoms with Crippen molar-refractivity contribution in [1.29, 1.82) is 0 Å². The summed E-state index contributed by atoms with van der Waals surface area (Å²) in [5, 5.41) is 2.83. The Morgan fingerprint density at radius 3 is 2.39 bits per heavy atom. The molecule has 0 unspecified atom stereocenters. The van der Waals surface area contributed by atoms with Gasteiger partial charge in [0.25, 0.3) is 0 Å². The summed E-state index contributed by atoms with van der Waals surface area (Å²) in [6.07, 6.45) is 1.48. The second-order valence-corrected chi connectivity index (χ2v) is 6.53. The van der Waals surface area contributed by atoms with Gasteiger partial charge in [-0.3, -0.25) is 4.79 Å². The highest BCUT2D eigenvalue weighted by molar-refractivity contribution is 7.83. The number of nitrogens with one attached hydrogen (secondary N) is 1. The number of carbonyl (C=O) groups excluding carboxylic acids is 1. The molecule has 0 radical (unpaired) electrons. The van der Waals surface area contributed by atoms with E-state index in [-0.39, 0.29) is 24.9 Å². The summed E-state index contributed by atoms with van der Waals surface area (Å²) >= 11 is 0. The van der Waals surface area contributed by atoms with Crippen molar-refractivity contribution in [1.82, 2.24) is 9.62 Å². The predicted octanol–water partition coefficient (Wildman–Crippen LogP) is 1.07. The molecule has 1 fully saturated rings. The molecule has 5 nitrogen and oxygen atoms in total. The molecule has 1 N–H and O–H groups in total. The van der Waals surface area contributed by atoms with Gasteiger partial charge in [0.2, 0.25) is 5.91 Å². The number of rotatable bonds is 5. The SMILES string of the molecule is CC(C)CNC(=O)CC1CCN(S(=O)(=O)F)CC1. The molecule has 0 aromatic heterocycles. The van der Waals surface area contributed by atoms with Gasteiger partial charge in [0.15, 0.2) is 0 Å². The molecule has 1 aliphatic heterocycles. The number of hydrogen-bond donors (Lipinski definition) is 1. The monoisotopic (exact) mass is 280 g/mol. The molecule has 0 atom stereocenters. The largest absolute Gasteiger partial charge is 0.374 e. The van der Waals surface area contributed by atoms with E-state index in [2.05, 4.69) is 5.32 Å². The van der Waals surface area contributed by atoms with Gasteiger partial charge < -0.3 is 5.32 Å². The van der Waals surface area contributed by atoms with Crippen LogP contribution in [0.4, 0.5) is 3.89 Å². The molecule has 1 rings (SSSR count). The average Bonchev–Trinajstić information content (AvgIpc) is 2.26. The topological polar surface area (TPSA) is 66.5 Å². The summed E-state index contributed by atoms with van der Waals surface area (Å²) < 4.78 is 34.9.